The fourth-order valence-electron chi connectivity index (χ4n) is 5.00. The van der Waals surface area contributed by atoms with Crippen LogP contribution >= 0.6 is 0 Å². The molecule has 3 aromatic rings. The van der Waals surface area contributed by atoms with Gasteiger partial charge in [-0.3, -0.25) is 4.79 Å². The average molecular weight is 452 g/mol. The molecule has 34 heavy (non-hydrogen) atoms. The van der Waals surface area contributed by atoms with Crippen molar-refractivity contribution >= 4 is 22.6 Å². The Labute approximate surface area is 203 Å². The number of aromatic nitrogens is 1. The number of nitrogens with zero attached hydrogens (tertiary/aromatic N) is 1. The maximum atomic E-state index is 12.6. The van der Waals surface area contributed by atoms with Gasteiger partial charge in [0.2, 0.25) is 5.78 Å². The molecule has 3 heteroatoms. The van der Waals surface area contributed by atoms with E-state index < -0.39 is 0 Å². The average Bonchev–Trinajstić information content (AvgIpc) is 2.89. The Hall–Kier alpha value is -3.46. The zero-order valence-electron chi connectivity index (χ0n) is 20.8. The Morgan fingerprint density at radius 3 is 2.03 bits per heavy atom. The maximum absolute atomic E-state index is 12.6. The topological polar surface area (TPSA) is 34.5 Å². The summed E-state index contributed by atoms with van der Waals surface area (Å²) in [5, 5.41) is 0. The van der Waals surface area contributed by atoms with Crippen LogP contribution in [0.4, 0.5) is 5.69 Å². The van der Waals surface area contributed by atoms with E-state index in [4.69, 9.17) is 0 Å². The van der Waals surface area contributed by atoms with Crippen LogP contribution < -0.4 is 9.88 Å². The number of ketones is 1. The molecule has 174 valence electrons. The third-order valence-corrected chi connectivity index (χ3v) is 7.00. The molecule has 0 saturated carbocycles. The zero-order valence-corrected chi connectivity index (χ0v) is 20.8. The first kappa shape index (κ1) is 23.7. The Kier molecular flexibility index (Phi) is 7.42. The summed E-state index contributed by atoms with van der Waals surface area (Å²) in [4.78, 5) is 18.1. The maximum Gasteiger partial charge on any atom is 0.259 e. The van der Waals surface area contributed by atoms with Gasteiger partial charge in [0.1, 0.15) is 0 Å². The van der Waals surface area contributed by atoms with Gasteiger partial charge in [0.15, 0.2) is 6.20 Å². The number of H-pyrrole nitrogens is 1. The van der Waals surface area contributed by atoms with Gasteiger partial charge in [-0.2, -0.15) is 0 Å². The summed E-state index contributed by atoms with van der Waals surface area (Å²) < 4.78 is 0. The molecule has 1 aromatic heterocycles. The van der Waals surface area contributed by atoms with Crippen molar-refractivity contribution in [2.45, 2.75) is 46.5 Å². The van der Waals surface area contributed by atoms with Crippen molar-refractivity contribution in [2.24, 2.45) is 0 Å². The van der Waals surface area contributed by atoms with Gasteiger partial charge in [0.25, 0.3) is 5.69 Å². The molecule has 1 heterocycles. The van der Waals surface area contributed by atoms with Gasteiger partial charge in [-0.1, -0.05) is 50.2 Å². The van der Waals surface area contributed by atoms with E-state index in [1.165, 1.54) is 11.3 Å². The van der Waals surface area contributed by atoms with Crippen molar-refractivity contribution in [1.29, 1.82) is 0 Å². The molecule has 1 aliphatic rings. The number of anilines is 1. The Morgan fingerprint density at radius 2 is 1.44 bits per heavy atom. The van der Waals surface area contributed by atoms with Crippen LogP contribution in [0.2, 0.25) is 0 Å². The fraction of sp³-hybridized carbons (Fsp3) is 0.290. The van der Waals surface area contributed by atoms with Crippen molar-refractivity contribution in [3.8, 4) is 0 Å². The van der Waals surface area contributed by atoms with Crippen LogP contribution in [0.5, 0.6) is 0 Å². The van der Waals surface area contributed by atoms with Crippen LogP contribution in [0.15, 0.2) is 79.0 Å². The van der Waals surface area contributed by atoms with Gasteiger partial charge < -0.3 is 4.90 Å². The number of carbonyl (C=O) groups excluding carboxylic acids is 1. The van der Waals surface area contributed by atoms with Crippen LogP contribution in [0.1, 0.15) is 79.2 Å². The van der Waals surface area contributed by atoms with Crippen LogP contribution in [0.3, 0.4) is 0 Å². The van der Waals surface area contributed by atoms with E-state index in [0.717, 1.165) is 53.8 Å². The molecule has 0 bridgehead atoms. The molecule has 4 rings (SSSR count). The number of hydrogen-bond acceptors (Lipinski definition) is 2. The summed E-state index contributed by atoms with van der Waals surface area (Å²) in [6, 6.07) is 21.8. The molecule has 1 N–H and O–H groups in total. The summed E-state index contributed by atoms with van der Waals surface area (Å²) >= 11 is 0. The number of rotatable bonds is 8. The third-order valence-electron chi connectivity index (χ3n) is 7.00. The largest absolute Gasteiger partial charge is 0.372 e. The molecule has 0 unspecified atom stereocenters. The first-order chi connectivity index (χ1) is 16.6. The highest BCUT2D eigenvalue weighted by Crippen LogP contribution is 2.37. The summed E-state index contributed by atoms with van der Waals surface area (Å²) in [7, 11) is 0. The molecule has 0 aliphatic heterocycles. The molecule has 0 fully saturated rings. The number of aromatic amines is 1. The minimum atomic E-state index is 0.0136. The van der Waals surface area contributed by atoms with E-state index in [-0.39, 0.29) is 5.78 Å². The molecule has 3 nitrogen and oxygen atoms in total. The third kappa shape index (κ3) is 4.61. The molecular weight excluding hydrogens is 416 g/mol. The van der Waals surface area contributed by atoms with Crippen molar-refractivity contribution in [3.05, 3.63) is 107 Å². The first-order valence-electron chi connectivity index (χ1n) is 12.5. The normalized spacial score (nSPS) is 14.3. The number of allylic oxidation sites excluding steroid dienone is 3. The van der Waals surface area contributed by atoms with E-state index in [1.54, 1.807) is 6.08 Å². The Balaban J connectivity index is 1.89. The van der Waals surface area contributed by atoms with Gasteiger partial charge >= 0.3 is 0 Å². The van der Waals surface area contributed by atoms with E-state index in [1.807, 2.05) is 24.4 Å². The molecule has 0 radical (unpaired) electrons. The van der Waals surface area contributed by atoms with Gasteiger partial charge in [-0.25, -0.2) is 4.98 Å². The van der Waals surface area contributed by atoms with E-state index >= 15 is 0 Å². The second-order valence-corrected chi connectivity index (χ2v) is 8.80. The molecular formula is C31H35N2O+. The van der Waals surface area contributed by atoms with E-state index in [0.29, 0.717) is 11.6 Å². The SMILES string of the molecule is CCC(CC)c1ccc(/C(=C2\C=CC(=O)c3[nH+]cccc32)c2ccc(N(CC)CC)cc2)cc1. The number of benzene rings is 2. The van der Waals surface area contributed by atoms with Crippen molar-refractivity contribution in [1.82, 2.24) is 0 Å². The quantitative estimate of drug-likeness (QED) is 0.371. The highest BCUT2D eigenvalue weighted by molar-refractivity contribution is 6.15. The van der Waals surface area contributed by atoms with Gasteiger partial charge in [-0.05, 0) is 90.8 Å². The van der Waals surface area contributed by atoms with Crippen LogP contribution in [0, 0.1) is 0 Å². The number of fused-ring (bicyclic) bond motifs is 1. The van der Waals surface area contributed by atoms with E-state index in [2.05, 4.69) is 86.1 Å². The summed E-state index contributed by atoms with van der Waals surface area (Å²) in [5.41, 5.74) is 8.73. The Morgan fingerprint density at radius 1 is 0.824 bits per heavy atom. The van der Waals surface area contributed by atoms with Gasteiger partial charge in [0.05, 0.1) is 5.56 Å². The van der Waals surface area contributed by atoms with Crippen LogP contribution in [-0.4, -0.2) is 18.9 Å². The minimum absolute atomic E-state index is 0.0136. The Bertz CT molecular complexity index is 1140. The number of hydrogen-bond donors (Lipinski definition) is 0. The van der Waals surface area contributed by atoms with Gasteiger partial charge in [-0.15, -0.1) is 0 Å². The smallest absolute Gasteiger partial charge is 0.259 e. The van der Waals surface area contributed by atoms with Crippen molar-refractivity contribution in [3.63, 3.8) is 0 Å². The molecule has 0 amide bonds. The second kappa shape index (κ2) is 10.6. The van der Waals surface area contributed by atoms with E-state index in [9.17, 15) is 4.79 Å². The molecule has 0 saturated heterocycles. The fourth-order valence-corrected chi connectivity index (χ4v) is 5.00. The number of carbonyl (C=O) groups is 1. The van der Waals surface area contributed by atoms with Crippen molar-refractivity contribution in [2.75, 3.05) is 18.0 Å². The lowest BCUT2D eigenvalue weighted by Crippen LogP contribution is -2.21. The summed E-state index contributed by atoms with van der Waals surface area (Å²) in [5.74, 6) is 0.598. The van der Waals surface area contributed by atoms with Crippen LogP contribution in [-0.2, 0) is 0 Å². The monoisotopic (exact) mass is 451 g/mol. The highest BCUT2D eigenvalue weighted by Gasteiger charge is 2.25. The molecule has 0 spiro atoms. The predicted molar refractivity (Wildman–Crippen MR) is 142 cm³/mol. The molecule has 0 atom stereocenters. The highest BCUT2D eigenvalue weighted by atomic mass is 16.1. The van der Waals surface area contributed by atoms with Crippen molar-refractivity contribution < 1.29 is 9.78 Å². The standard InChI is InChI=1S/C31H34N2O/c1-5-22(6-2)23-11-13-24(14-12-23)30(25-15-17-26(18-16-25)33(7-3)8-4)27-19-20-29(34)31-28(27)10-9-21-32-31/h9-22H,5-8H2,1-4H3/p+1/b30-27-. The van der Waals surface area contributed by atoms with Gasteiger partial charge in [0, 0.05) is 24.8 Å². The predicted octanol–water partition coefficient (Wildman–Crippen LogP) is 6.96. The first-order valence-corrected chi connectivity index (χ1v) is 12.5. The number of pyridine rings is 1. The molecule has 1 aliphatic carbocycles. The second-order valence-electron chi connectivity index (χ2n) is 8.80. The lowest BCUT2D eigenvalue weighted by atomic mass is 9.84. The van der Waals surface area contributed by atoms with Crippen LogP contribution in [0.25, 0.3) is 11.1 Å². The summed E-state index contributed by atoms with van der Waals surface area (Å²) in [6.07, 6.45) is 7.75. The molecule has 2 aromatic carbocycles. The lowest BCUT2D eigenvalue weighted by molar-refractivity contribution is -0.381. The summed E-state index contributed by atoms with van der Waals surface area (Å²) in [6.45, 7) is 10.8. The number of nitrogens with one attached hydrogen (secondary N) is 1. The minimum Gasteiger partial charge on any atom is -0.372 e. The zero-order chi connectivity index (χ0) is 24.1. The lowest BCUT2D eigenvalue weighted by Gasteiger charge is -2.22.